The van der Waals surface area contributed by atoms with Crippen molar-refractivity contribution in [2.24, 2.45) is 0 Å². The van der Waals surface area contributed by atoms with Gasteiger partial charge in [-0.2, -0.15) is 0 Å². The molecule has 1 saturated heterocycles. The molecule has 23 heavy (non-hydrogen) atoms. The fourth-order valence-corrected chi connectivity index (χ4v) is 3.28. The largest absolute Gasteiger partial charge is 0.357 e. The Kier molecular flexibility index (Phi) is 5.97. The lowest BCUT2D eigenvalue weighted by molar-refractivity contribution is -0.137. The summed E-state index contributed by atoms with van der Waals surface area (Å²) >= 11 is 2.12. The average molecular weight is 429 g/mol. The number of hydrogen-bond acceptors (Lipinski definition) is 3. The molecule has 3 amide bonds. The Morgan fingerprint density at radius 2 is 2.09 bits per heavy atom. The van der Waals surface area contributed by atoms with Gasteiger partial charge in [-0.25, -0.2) is 0 Å². The summed E-state index contributed by atoms with van der Waals surface area (Å²) in [5, 5.41) is 5.23. The Labute approximate surface area is 149 Å². The van der Waals surface area contributed by atoms with Crippen molar-refractivity contribution in [3.05, 3.63) is 32.9 Å². The number of carbonyl (C=O) groups excluding carboxylic acids is 3. The monoisotopic (exact) mass is 429 g/mol. The Bertz CT molecular complexity index is 633. The van der Waals surface area contributed by atoms with Crippen molar-refractivity contribution in [2.45, 2.75) is 25.8 Å². The third-order valence-electron chi connectivity index (χ3n) is 3.96. The Morgan fingerprint density at radius 1 is 1.35 bits per heavy atom. The van der Waals surface area contributed by atoms with Gasteiger partial charge in [0.05, 0.1) is 12.1 Å². The third kappa shape index (κ3) is 4.01. The van der Waals surface area contributed by atoms with Gasteiger partial charge in [0, 0.05) is 17.2 Å². The van der Waals surface area contributed by atoms with E-state index < -0.39 is 6.04 Å². The van der Waals surface area contributed by atoms with Gasteiger partial charge < -0.3 is 15.5 Å². The second kappa shape index (κ2) is 7.76. The van der Waals surface area contributed by atoms with E-state index in [1.165, 1.54) is 0 Å². The van der Waals surface area contributed by atoms with E-state index in [1.807, 2.05) is 19.1 Å². The number of benzene rings is 1. The number of likely N-dealkylation sites (tertiary alicyclic amines) is 1. The van der Waals surface area contributed by atoms with Gasteiger partial charge in [0.2, 0.25) is 11.8 Å². The van der Waals surface area contributed by atoms with Gasteiger partial charge in [0.1, 0.15) is 6.04 Å². The fraction of sp³-hybridized carbons (Fsp3) is 0.438. The number of aryl methyl sites for hydroxylation is 1. The van der Waals surface area contributed by atoms with Crippen LogP contribution in [0.5, 0.6) is 0 Å². The first-order chi connectivity index (χ1) is 11.0. The van der Waals surface area contributed by atoms with Crippen LogP contribution in [0, 0.1) is 10.5 Å². The van der Waals surface area contributed by atoms with Crippen LogP contribution in [-0.4, -0.2) is 48.8 Å². The van der Waals surface area contributed by atoms with E-state index in [0.717, 1.165) is 15.6 Å². The zero-order valence-electron chi connectivity index (χ0n) is 13.2. The van der Waals surface area contributed by atoms with Crippen LogP contribution >= 0.6 is 22.6 Å². The summed E-state index contributed by atoms with van der Waals surface area (Å²) in [5.74, 6) is -0.662. The maximum atomic E-state index is 12.3. The van der Waals surface area contributed by atoms with Crippen molar-refractivity contribution >= 4 is 40.3 Å². The van der Waals surface area contributed by atoms with Crippen LogP contribution in [-0.2, 0) is 9.59 Å². The highest BCUT2D eigenvalue weighted by Crippen LogP contribution is 2.18. The van der Waals surface area contributed by atoms with Gasteiger partial charge in [-0.3, -0.25) is 14.4 Å². The van der Waals surface area contributed by atoms with Crippen LogP contribution in [0.4, 0.5) is 0 Å². The Morgan fingerprint density at radius 3 is 2.78 bits per heavy atom. The first-order valence-corrected chi connectivity index (χ1v) is 8.58. The molecule has 0 aromatic heterocycles. The molecule has 2 N–H and O–H groups in total. The zero-order valence-corrected chi connectivity index (χ0v) is 15.3. The van der Waals surface area contributed by atoms with E-state index in [4.69, 9.17) is 0 Å². The maximum absolute atomic E-state index is 12.3. The van der Waals surface area contributed by atoms with Gasteiger partial charge in [0.25, 0.3) is 5.91 Å². The molecule has 7 heteroatoms. The van der Waals surface area contributed by atoms with Gasteiger partial charge >= 0.3 is 0 Å². The standard InChI is InChI=1S/C16H20IN3O3/c1-10-5-3-6-11(14(10)17)15(22)19-9-13(21)20-8-4-7-12(20)16(23)18-2/h3,5-6,12H,4,7-9H2,1-2H3,(H,18,23)(H,19,22). The highest BCUT2D eigenvalue weighted by atomic mass is 127. The lowest BCUT2D eigenvalue weighted by Crippen LogP contribution is -2.48. The number of nitrogens with zero attached hydrogens (tertiary/aromatic N) is 1. The first kappa shape index (κ1) is 17.7. The minimum Gasteiger partial charge on any atom is -0.357 e. The Balaban J connectivity index is 1.97. The van der Waals surface area contributed by atoms with Crippen LogP contribution in [0.2, 0.25) is 0 Å². The summed E-state index contributed by atoms with van der Waals surface area (Å²) in [6.07, 6.45) is 1.46. The molecule has 0 saturated carbocycles. The quantitative estimate of drug-likeness (QED) is 0.703. The van der Waals surface area contributed by atoms with Gasteiger partial charge in [-0.05, 0) is 54.0 Å². The molecule has 0 spiro atoms. The highest BCUT2D eigenvalue weighted by molar-refractivity contribution is 14.1. The smallest absolute Gasteiger partial charge is 0.252 e. The molecule has 1 fully saturated rings. The number of carbonyl (C=O) groups is 3. The second-order valence-electron chi connectivity index (χ2n) is 5.48. The number of hydrogen-bond donors (Lipinski definition) is 2. The van der Waals surface area contributed by atoms with E-state index in [1.54, 1.807) is 18.0 Å². The molecule has 124 valence electrons. The summed E-state index contributed by atoms with van der Waals surface area (Å²) in [5.41, 5.74) is 1.58. The molecule has 2 rings (SSSR count). The predicted molar refractivity (Wildman–Crippen MR) is 95.0 cm³/mol. The molecule has 1 atom stereocenters. The Hall–Kier alpha value is -1.64. The van der Waals surface area contributed by atoms with Crippen LogP contribution in [0.25, 0.3) is 0 Å². The number of nitrogens with one attached hydrogen (secondary N) is 2. The van der Waals surface area contributed by atoms with E-state index in [-0.39, 0.29) is 24.3 Å². The summed E-state index contributed by atoms with van der Waals surface area (Å²) in [6.45, 7) is 2.38. The number of halogens is 1. The van der Waals surface area contributed by atoms with Gasteiger partial charge in [-0.15, -0.1) is 0 Å². The first-order valence-electron chi connectivity index (χ1n) is 7.50. The van der Waals surface area contributed by atoms with Gasteiger partial charge in [-0.1, -0.05) is 12.1 Å². The second-order valence-corrected chi connectivity index (χ2v) is 6.56. The van der Waals surface area contributed by atoms with Crippen LogP contribution < -0.4 is 10.6 Å². The summed E-state index contributed by atoms with van der Waals surface area (Å²) < 4.78 is 0.874. The fourth-order valence-electron chi connectivity index (χ4n) is 2.68. The molecule has 0 bridgehead atoms. The van der Waals surface area contributed by atoms with Crippen molar-refractivity contribution in [1.29, 1.82) is 0 Å². The number of rotatable bonds is 4. The van der Waals surface area contributed by atoms with Crippen LogP contribution in [0.1, 0.15) is 28.8 Å². The number of likely N-dealkylation sites (N-methyl/N-ethyl adjacent to an activating group) is 1. The van der Waals surface area contributed by atoms with Gasteiger partial charge in [0.15, 0.2) is 0 Å². The molecule has 1 aliphatic rings. The molecule has 1 heterocycles. The molecule has 1 unspecified atom stereocenters. The normalized spacial score (nSPS) is 17.0. The molecule has 1 aromatic carbocycles. The third-order valence-corrected chi connectivity index (χ3v) is 5.39. The molecule has 0 aliphatic carbocycles. The molecule has 1 aliphatic heterocycles. The molecule has 0 radical (unpaired) electrons. The van der Waals surface area contributed by atoms with Crippen molar-refractivity contribution < 1.29 is 14.4 Å². The zero-order chi connectivity index (χ0) is 17.0. The minimum absolute atomic E-state index is 0.101. The minimum atomic E-state index is -0.427. The van der Waals surface area contributed by atoms with E-state index in [2.05, 4.69) is 33.2 Å². The average Bonchev–Trinajstić information content (AvgIpc) is 3.03. The van der Waals surface area contributed by atoms with Crippen molar-refractivity contribution in [2.75, 3.05) is 20.1 Å². The lowest BCUT2D eigenvalue weighted by atomic mass is 10.1. The highest BCUT2D eigenvalue weighted by Gasteiger charge is 2.33. The lowest BCUT2D eigenvalue weighted by Gasteiger charge is -2.23. The van der Waals surface area contributed by atoms with Crippen molar-refractivity contribution in [1.82, 2.24) is 15.5 Å². The van der Waals surface area contributed by atoms with E-state index >= 15 is 0 Å². The summed E-state index contributed by atoms with van der Waals surface area (Å²) in [7, 11) is 1.56. The molecular weight excluding hydrogens is 409 g/mol. The van der Waals surface area contributed by atoms with E-state index in [0.29, 0.717) is 18.5 Å². The summed E-state index contributed by atoms with van der Waals surface area (Å²) in [6, 6.07) is 5.05. The molecule has 1 aromatic rings. The van der Waals surface area contributed by atoms with Crippen molar-refractivity contribution in [3.63, 3.8) is 0 Å². The molecular formula is C16H20IN3O3. The SMILES string of the molecule is CNC(=O)C1CCCN1C(=O)CNC(=O)c1cccc(C)c1I. The number of amides is 3. The van der Waals surface area contributed by atoms with Crippen LogP contribution in [0.3, 0.4) is 0 Å². The van der Waals surface area contributed by atoms with E-state index in [9.17, 15) is 14.4 Å². The molecule has 6 nitrogen and oxygen atoms in total. The predicted octanol–water partition coefficient (Wildman–Crippen LogP) is 1.07. The topological polar surface area (TPSA) is 78.5 Å². The van der Waals surface area contributed by atoms with Crippen molar-refractivity contribution in [3.8, 4) is 0 Å². The van der Waals surface area contributed by atoms with Crippen LogP contribution in [0.15, 0.2) is 18.2 Å². The summed E-state index contributed by atoms with van der Waals surface area (Å²) in [4.78, 5) is 37.9. The maximum Gasteiger partial charge on any atom is 0.252 e.